The highest BCUT2D eigenvalue weighted by molar-refractivity contribution is 5.80. The summed E-state index contributed by atoms with van der Waals surface area (Å²) < 4.78 is 0. The highest BCUT2D eigenvalue weighted by atomic mass is 16.2. The lowest BCUT2D eigenvalue weighted by Crippen LogP contribution is -2.53. The number of hydrogen-bond donors (Lipinski definition) is 1. The first kappa shape index (κ1) is 18.3. The zero-order chi connectivity index (χ0) is 17.7. The van der Waals surface area contributed by atoms with Crippen LogP contribution in [0.25, 0.3) is 0 Å². The molecule has 0 saturated carbocycles. The standard InChI is InChI=1S/C19H30N4O/c1-6-20-19(23-9-7-22(8-10-23)17(5)24)21-13-18-15(3)11-14(2)12-16(18)4/h11-12H,6-10,13H2,1-5H3,(H,20,21). The maximum absolute atomic E-state index is 11.5. The maximum atomic E-state index is 11.5. The normalized spacial score (nSPS) is 15.6. The van der Waals surface area contributed by atoms with Crippen LogP contribution in [-0.4, -0.2) is 54.4 Å². The smallest absolute Gasteiger partial charge is 0.219 e. The molecule has 0 unspecified atom stereocenters. The van der Waals surface area contributed by atoms with Crippen molar-refractivity contribution >= 4 is 11.9 Å². The van der Waals surface area contributed by atoms with Crippen LogP contribution in [-0.2, 0) is 11.3 Å². The van der Waals surface area contributed by atoms with Crippen molar-refractivity contribution in [3.63, 3.8) is 0 Å². The number of amides is 1. The van der Waals surface area contributed by atoms with Gasteiger partial charge in [-0.25, -0.2) is 4.99 Å². The molecule has 0 atom stereocenters. The van der Waals surface area contributed by atoms with Gasteiger partial charge in [0.2, 0.25) is 5.91 Å². The minimum atomic E-state index is 0.155. The molecule has 1 aliphatic heterocycles. The zero-order valence-electron chi connectivity index (χ0n) is 15.6. The number of rotatable bonds is 3. The van der Waals surface area contributed by atoms with Crippen LogP contribution < -0.4 is 5.32 Å². The minimum Gasteiger partial charge on any atom is -0.357 e. The lowest BCUT2D eigenvalue weighted by molar-refractivity contribution is -0.130. The minimum absolute atomic E-state index is 0.155. The first-order valence-corrected chi connectivity index (χ1v) is 8.77. The molecule has 0 aliphatic carbocycles. The van der Waals surface area contributed by atoms with Crippen molar-refractivity contribution in [2.24, 2.45) is 4.99 Å². The summed E-state index contributed by atoms with van der Waals surface area (Å²) in [4.78, 5) is 20.5. The Balaban J connectivity index is 2.11. The van der Waals surface area contributed by atoms with Crippen LogP contribution in [0.5, 0.6) is 0 Å². The Labute approximate surface area is 145 Å². The predicted molar refractivity (Wildman–Crippen MR) is 99.3 cm³/mol. The molecule has 24 heavy (non-hydrogen) atoms. The van der Waals surface area contributed by atoms with Crippen LogP contribution >= 0.6 is 0 Å². The topological polar surface area (TPSA) is 47.9 Å². The molecule has 0 aromatic heterocycles. The molecule has 1 aliphatic rings. The summed E-state index contributed by atoms with van der Waals surface area (Å²) in [6.07, 6.45) is 0. The molecule has 1 amide bonds. The van der Waals surface area contributed by atoms with Gasteiger partial charge in [0, 0.05) is 39.6 Å². The second kappa shape index (κ2) is 8.18. The Kier molecular flexibility index (Phi) is 6.23. The molecule has 1 aromatic rings. The lowest BCUT2D eigenvalue weighted by Gasteiger charge is -2.36. The van der Waals surface area contributed by atoms with E-state index in [1.807, 2.05) is 4.90 Å². The van der Waals surface area contributed by atoms with Gasteiger partial charge in [0.1, 0.15) is 0 Å². The first-order valence-electron chi connectivity index (χ1n) is 8.77. The van der Waals surface area contributed by atoms with Crippen LogP contribution in [0.15, 0.2) is 17.1 Å². The van der Waals surface area contributed by atoms with Crippen molar-refractivity contribution in [1.29, 1.82) is 0 Å². The van der Waals surface area contributed by atoms with Crippen molar-refractivity contribution in [2.75, 3.05) is 32.7 Å². The second-order valence-corrected chi connectivity index (χ2v) is 6.54. The molecule has 5 heteroatoms. The molecule has 1 N–H and O–H groups in total. The van der Waals surface area contributed by atoms with Gasteiger partial charge in [0.05, 0.1) is 6.54 Å². The molecule has 1 fully saturated rings. The van der Waals surface area contributed by atoms with Crippen LogP contribution in [0, 0.1) is 20.8 Å². The molecule has 0 bridgehead atoms. The fourth-order valence-electron chi connectivity index (χ4n) is 3.27. The highest BCUT2D eigenvalue weighted by Crippen LogP contribution is 2.17. The van der Waals surface area contributed by atoms with E-state index in [2.05, 4.69) is 50.0 Å². The Morgan fingerprint density at radius 3 is 2.12 bits per heavy atom. The Morgan fingerprint density at radius 2 is 1.62 bits per heavy atom. The van der Waals surface area contributed by atoms with Crippen molar-refractivity contribution in [3.8, 4) is 0 Å². The van der Waals surface area contributed by atoms with Crippen molar-refractivity contribution in [1.82, 2.24) is 15.1 Å². The van der Waals surface area contributed by atoms with E-state index < -0.39 is 0 Å². The summed E-state index contributed by atoms with van der Waals surface area (Å²) in [5.41, 5.74) is 5.20. The van der Waals surface area contributed by atoms with E-state index in [1.54, 1.807) is 6.92 Å². The number of carbonyl (C=O) groups is 1. The summed E-state index contributed by atoms with van der Waals surface area (Å²) in [6.45, 7) is 14.9. The van der Waals surface area contributed by atoms with Crippen molar-refractivity contribution in [3.05, 3.63) is 34.4 Å². The van der Waals surface area contributed by atoms with Crippen molar-refractivity contribution in [2.45, 2.75) is 41.2 Å². The third kappa shape index (κ3) is 4.49. The summed E-state index contributed by atoms with van der Waals surface area (Å²) in [5.74, 6) is 1.10. The van der Waals surface area contributed by atoms with Crippen LogP contribution in [0.2, 0.25) is 0 Å². The van der Waals surface area contributed by atoms with Gasteiger partial charge >= 0.3 is 0 Å². The first-order chi connectivity index (χ1) is 11.4. The SMILES string of the molecule is CCNC(=NCc1c(C)cc(C)cc1C)N1CCN(C(C)=O)CC1. The Bertz CT molecular complexity index is 593. The predicted octanol–water partition coefficient (Wildman–Crippen LogP) is 2.24. The van der Waals surface area contributed by atoms with E-state index in [4.69, 9.17) is 4.99 Å². The van der Waals surface area contributed by atoms with E-state index in [0.29, 0.717) is 6.54 Å². The molecule has 0 radical (unpaired) electrons. The fourth-order valence-corrected chi connectivity index (χ4v) is 3.27. The highest BCUT2D eigenvalue weighted by Gasteiger charge is 2.20. The fraction of sp³-hybridized carbons (Fsp3) is 0.579. The molecule has 1 heterocycles. The maximum Gasteiger partial charge on any atom is 0.219 e. The largest absolute Gasteiger partial charge is 0.357 e. The summed E-state index contributed by atoms with van der Waals surface area (Å²) in [5, 5.41) is 3.39. The Hall–Kier alpha value is -2.04. The number of piperazine rings is 1. The quantitative estimate of drug-likeness (QED) is 0.683. The Morgan fingerprint density at radius 1 is 1.08 bits per heavy atom. The van der Waals surface area contributed by atoms with Gasteiger partial charge in [-0.2, -0.15) is 0 Å². The molecule has 132 valence electrons. The number of hydrogen-bond acceptors (Lipinski definition) is 2. The van der Waals surface area contributed by atoms with Gasteiger partial charge in [-0.3, -0.25) is 4.79 Å². The van der Waals surface area contributed by atoms with E-state index >= 15 is 0 Å². The number of nitrogens with one attached hydrogen (secondary N) is 1. The molecular weight excluding hydrogens is 300 g/mol. The van der Waals surface area contributed by atoms with Gasteiger partial charge in [-0.15, -0.1) is 0 Å². The number of guanidine groups is 1. The van der Waals surface area contributed by atoms with Gasteiger partial charge in [-0.05, 0) is 44.4 Å². The third-order valence-corrected chi connectivity index (χ3v) is 4.59. The number of benzene rings is 1. The lowest BCUT2D eigenvalue weighted by atomic mass is 10.00. The summed E-state index contributed by atoms with van der Waals surface area (Å²) >= 11 is 0. The van der Waals surface area contributed by atoms with E-state index in [0.717, 1.165) is 38.7 Å². The molecule has 2 rings (SSSR count). The monoisotopic (exact) mass is 330 g/mol. The van der Waals surface area contributed by atoms with Gasteiger partial charge in [-0.1, -0.05) is 17.7 Å². The molecule has 1 aromatic carbocycles. The number of aryl methyl sites for hydroxylation is 3. The average molecular weight is 330 g/mol. The van der Waals surface area contributed by atoms with E-state index in [1.165, 1.54) is 22.3 Å². The summed E-state index contributed by atoms with van der Waals surface area (Å²) in [7, 11) is 0. The van der Waals surface area contributed by atoms with E-state index in [-0.39, 0.29) is 5.91 Å². The van der Waals surface area contributed by atoms with Gasteiger partial charge in [0.15, 0.2) is 5.96 Å². The summed E-state index contributed by atoms with van der Waals surface area (Å²) in [6, 6.07) is 4.44. The zero-order valence-corrected chi connectivity index (χ0v) is 15.6. The third-order valence-electron chi connectivity index (χ3n) is 4.59. The van der Waals surface area contributed by atoms with Crippen LogP contribution in [0.4, 0.5) is 0 Å². The second-order valence-electron chi connectivity index (χ2n) is 6.54. The van der Waals surface area contributed by atoms with Crippen LogP contribution in [0.3, 0.4) is 0 Å². The molecule has 5 nitrogen and oxygen atoms in total. The van der Waals surface area contributed by atoms with Gasteiger partial charge in [0.25, 0.3) is 0 Å². The van der Waals surface area contributed by atoms with Crippen molar-refractivity contribution < 1.29 is 4.79 Å². The molecular formula is C19H30N4O. The van der Waals surface area contributed by atoms with Gasteiger partial charge < -0.3 is 15.1 Å². The number of nitrogens with zero attached hydrogens (tertiary/aromatic N) is 3. The average Bonchev–Trinajstić information content (AvgIpc) is 2.53. The number of aliphatic imine (C=N–C) groups is 1. The molecule has 1 saturated heterocycles. The number of carbonyl (C=O) groups excluding carboxylic acids is 1. The molecule has 0 spiro atoms. The van der Waals surface area contributed by atoms with Crippen LogP contribution in [0.1, 0.15) is 36.1 Å². The van der Waals surface area contributed by atoms with E-state index in [9.17, 15) is 4.79 Å².